The molecule has 2 atom stereocenters. The molecule has 0 radical (unpaired) electrons. The van der Waals surface area contributed by atoms with Gasteiger partial charge >= 0.3 is 0 Å². The zero-order valence-corrected chi connectivity index (χ0v) is 10.9. The van der Waals surface area contributed by atoms with Crippen LogP contribution in [0, 0.1) is 0 Å². The van der Waals surface area contributed by atoms with Crippen LogP contribution in [0.25, 0.3) is 0 Å². The molecule has 98 valence electrons. The van der Waals surface area contributed by atoms with Gasteiger partial charge in [0.05, 0.1) is 6.04 Å². The van der Waals surface area contributed by atoms with E-state index in [-0.39, 0.29) is 6.04 Å². The van der Waals surface area contributed by atoms with Gasteiger partial charge in [0.25, 0.3) is 0 Å². The summed E-state index contributed by atoms with van der Waals surface area (Å²) in [7, 11) is 0. The highest BCUT2D eigenvalue weighted by Gasteiger charge is 2.34. The van der Waals surface area contributed by atoms with Gasteiger partial charge in [-0.15, -0.1) is 0 Å². The van der Waals surface area contributed by atoms with Crippen molar-refractivity contribution in [1.29, 1.82) is 0 Å². The van der Waals surface area contributed by atoms with Crippen molar-refractivity contribution < 1.29 is 9.84 Å². The fourth-order valence-corrected chi connectivity index (χ4v) is 3.03. The van der Waals surface area contributed by atoms with Gasteiger partial charge in [0, 0.05) is 5.56 Å². The molecule has 2 aliphatic heterocycles. The summed E-state index contributed by atoms with van der Waals surface area (Å²) in [6.45, 7) is 4.93. The number of fused-ring (bicyclic) bond motifs is 1. The van der Waals surface area contributed by atoms with Gasteiger partial charge in [-0.2, -0.15) is 0 Å². The van der Waals surface area contributed by atoms with Crippen LogP contribution in [0.1, 0.15) is 37.0 Å². The van der Waals surface area contributed by atoms with Crippen molar-refractivity contribution in [3.8, 4) is 5.75 Å². The molecule has 1 aromatic carbocycles. The molecule has 3 nitrogen and oxygen atoms in total. The van der Waals surface area contributed by atoms with Crippen LogP contribution in [0.4, 0.5) is 0 Å². The topological polar surface area (TPSA) is 32.7 Å². The van der Waals surface area contributed by atoms with Gasteiger partial charge in [0.1, 0.15) is 18.5 Å². The Kier molecular flexibility index (Phi) is 3.27. The van der Waals surface area contributed by atoms with Crippen molar-refractivity contribution >= 4 is 0 Å². The predicted molar refractivity (Wildman–Crippen MR) is 70.9 cm³/mol. The number of aliphatic hydroxyl groups excluding tert-OH is 1. The zero-order chi connectivity index (χ0) is 12.5. The van der Waals surface area contributed by atoms with Crippen molar-refractivity contribution in [1.82, 2.24) is 4.90 Å². The molecule has 1 saturated heterocycles. The number of benzene rings is 1. The van der Waals surface area contributed by atoms with Crippen molar-refractivity contribution in [2.24, 2.45) is 0 Å². The van der Waals surface area contributed by atoms with Gasteiger partial charge < -0.3 is 9.84 Å². The molecule has 1 fully saturated rings. The van der Waals surface area contributed by atoms with Crippen molar-refractivity contribution in [3.05, 3.63) is 29.3 Å². The Bertz CT molecular complexity index is 427. The molecule has 2 unspecified atom stereocenters. The quantitative estimate of drug-likeness (QED) is 0.869. The van der Waals surface area contributed by atoms with E-state index in [4.69, 9.17) is 4.74 Å². The second-order valence-corrected chi connectivity index (χ2v) is 5.29. The van der Waals surface area contributed by atoms with E-state index in [1.807, 2.05) is 6.07 Å². The lowest BCUT2D eigenvalue weighted by atomic mass is 9.95. The third-order valence-corrected chi connectivity index (χ3v) is 4.18. The van der Waals surface area contributed by atoms with Crippen LogP contribution in [0.3, 0.4) is 0 Å². The largest absolute Gasteiger partial charge is 0.491 e. The van der Waals surface area contributed by atoms with Crippen molar-refractivity contribution in [2.75, 3.05) is 19.7 Å². The predicted octanol–water partition coefficient (Wildman–Crippen LogP) is 2.14. The molecule has 0 aromatic heterocycles. The smallest absolute Gasteiger partial charge is 0.125 e. The molecule has 0 amide bonds. The molecule has 1 aromatic rings. The highest BCUT2D eigenvalue weighted by Crippen LogP contribution is 2.35. The third kappa shape index (κ3) is 2.02. The molecule has 1 N–H and O–H groups in total. The lowest BCUT2D eigenvalue weighted by molar-refractivity contribution is 0.0140. The first-order valence-corrected chi connectivity index (χ1v) is 6.97. The molecule has 3 heteroatoms. The lowest BCUT2D eigenvalue weighted by Crippen LogP contribution is -2.44. The number of hydrogen-bond acceptors (Lipinski definition) is 3. The average molecular weight is 247 g/mol. The van der Waals surface area contributed by atoms with Crippen LogP contribution >= 0.6 is 0 Å². The van der Waals surface area contributed by atoms with E-state index in [1.165, 1.54) is 18.4 Å². The van der Waals surface area contributed by atoms with E-state index < -0.39 is 6.10 Å². The molecule has 0 aliphatic carbocycles. The minimum Gasteiger partial charge on any atom is -0.491 e. The molecule has 2 heterocycles. The Morgan fingerprint density at radius 1 is 1.33 bits per heavy atom. The maximum absolute atomic E-state index is 10.6. The summed E-state index contributed by atoms with van der Waals surface area (Å²) in [6, 6.07) is 6.31. The third-order valence-electron chi connectivity index (χ3n) is 4.18. The maximum atomic E-state index is 10.6. The first-order chi connectivity index (χ1) is 8.79. The van der Waals surface area contributed by atoms with Gasteiger partial charge in [-0.3, -0.25) is 4.90 Å². The summed E-state index contributed by atoms with van der Waals surface area (Å²) in [4.78, 5) is 2.37. The van der Waals surface area contributed by atoms with Crippen LogP contribution in [0.5, 0.6) is 5.75 Å². The van der Waals surface area contributed by atoms with Crippen molar-refractivity contribution in [2.45, 2.75) is 38.3 Å². The maximum Gasteiger partial charge on any atom is 0.125 e. The number of hydrogen-bond donors (Lipinski definition) is 1. The summed E-state index contributed by atoms with van der Waals surface area (Å²) >= 11 is 0. The molecule has 2 aliphatic rings. The van der Waals surface area contributed by atoms with Crippen molar-refractivity contribution in [3.63, 3.8) is 0 Å². The van der Waals surface area contributed by atoms with E-state index in [9.17, 15) is 5.11 Å². The SMILES string of the molecule is CCc1ccc2c(c1)C(O)C(N1CCCC1)CO2. The van der Waals surface area contributed by atoms with Crippen LogP contribution < -0.4 is 4.74 Å². The first kappa shape index (κ1) is 12.0. The van der Waals surface area contributed by atoms with Gasteiger partial charge in [-0.1, -0.05) is 13.0 Å². The fourth-order valence-electron chi connectivity index (χ4n) is 3.03. The number of nitrogens with zero attached hydrogens (tertiary/aromatic N) is 1. The highest BCUT2D eigenvalue weighted by molar-refractivity contribution is 5.41. The summed E-state index contributed by atoms with van der Waals surface area (Å²) < 4.78 is 5.82. The number of rotatable bonds is 2. The zero-order valence-electron chi connectivity index (χ0n) is 10.9. The molecule has 0 saturated carbocycles. The fraction of sp³-hybridized carbons (Fsp3) is 0.600. The Labute approximate surface area is 108 Å². The number of likely N-dealkylation sites (tertiary alicyclic amines) is 1. The summed E-state index contributed by atoms with van der Waals surface area (Å²) in [5, 5.41) is 10.6. The van der Waals surface area contributed by atoms with Crippen LogP contribution in [-0.2, 0) is 6.42 Å². The Morgan fingerprint density at radius 3 is 2.83 bits per heavy atom. The second-order valence-electron chi connectivity index (χ2n) is 5.29. The summed E-state index contributed by atoms with van der Waals surface area (Å²) in [5.41, 5.74) is 2.23. The van der Waals surface area contributed by atoms with Gasteiger partial charge in [-0.25, -0.2) is 0 Å². The second kappa shape index (κ2) is 4.90. The minimum atomic E-state index is -0.404. The summed E-state index contributed by atoms with van der Waals surface area (Å²) in [5.74, 6) is 0.857. The van der Waals surface area contributed by atoms with E-state index in [2.05, 4.69) is 24.0 Å². The first-order valence-electron chi connectivity index (χ1n) is 6.97. The van der Waals surface area contributed by atoms with Gasteiger partial charge in [0.2, 0.25) is 0 Å². The highest BCUT2D eigenvalue weighted by atomic mass is 16.5. The molecule has 0 spiro atoms. The van der Waals surface area contributed by atoms with E-state index in [0.717, 1.165) is 30.8 Å². The monoisotopic (exact) mass is 247 g/mol. The van der Waals surface area contributed by atoms with Crippen LogP contribution in [-0.4, -0.2) is 35.7 Å². The van der Waals surface area contributed by atoms with Gasteiger partial charge in [-0.05, 0) is 50.0 Å². The molecule has 3 rings (SSSR count). The van der Waals surface area contributed by atoms with E-state index in [0.29, 0.717) is 6.61 Å². The van der Waals surface area contributed by atoms with E-state index in [1.54, 1.807) is 0 Å². The van der Waals surface area contributed by atoms with Crippen LogP contribution in [0.15, 0.2) is 18.2 Å². The summed E-state index contributed by atoms with van der Waals surface area (Å²) in [6.07, 6.45) is 3.07. The molecular formula is C15H21NO2. The average Bonchev–Trinajstić information content (AvgIpc) is 2.93. The Morgan fingerprint density at radius 2 is 2.11 bits per heavy atom. The number of aryl methyl sites for hydroxylation is 1. The Balaban J connectivity index is 1.87. The lowest BCUT2D eigenvalue weighted by Gasteiger charge is -2.36. The normalized spacial score (nSPS) is 27.9. The molecule has 0 bridgehead atoms. The Hall–Kier alpha value is -1.06. The standard InChI is InChI=1S/C15H21NO2/c1-2-11-5-6-14-12(9-11)15(17)13(10-18-14)16-7-3-4-8-16/h5-6,9,13,15,17H,2-4,7-8,10H2,1H3. The van der Waals surface area contributed by atoms with E-state index >= 15 is 0 Å². The number of aliphatic hydroxyl groups is 1. The van der Waals surface area contributed by atoms with Crippen LogP contribution in [0.2, 0.25) is 0 Å². The minimum absolute atomic E-state index is 0.132. The molecule has 18 heavy (non-hydrogen) atoms. The van der Waals surface area contributed by atoms with Gasteiger partial charge in [0.15, 0.2) is 0 Å². The molecular weight excluding hydrogens is 226 g/mol. The number of ether oxygens (including phenoxy) is 1.